The predicted octanol–water partition coefficient (Wildman–Crippen LogP) is -0.311. The number of rotatable bonds is 2. The van der Waals surface area contributed by atoms with E-state index in [0.717, 1.165) is 0 Å². The fraction of sp³-hybridized carbons (Fsp3) is 0. The molecule has 0 aliphatic carbocycles. The standard InChI is InChI=1S/C6H5N5O2/c12-6(13)5-3-11(10-9-5)4-1-7-8-2-4/h1-3H,(H,7,8)(H,12,13). The molecule has 7 heteroatoms. The van der Waals surface area contributed by atoms with Crippen LogP contribution in [0, 0.1) is 0 Å². The minimum atomic E-state index is -1.10. The molecular formula is C6H5N5O2. The van der Waals surface area contributed by atoms with Crippen molar-refractivity contribution in [2.75, 3.05) is 0 Å². The first-order chi connectivity index (χ1) is 6.27. The van der Waals surface area contributed by atoms with Crippen LogP contribution in [0.5, 0.6) is 0 Å². The summed E-state index contributed by atoms with van der Waals surface area (Å²) >= 11 is 0. The molecule has 2 N–H and O–H groups in total. The van der Waals surface area contributed by atoms with Gasteiger partial charge in [0.2, 0.25) is 0 Å². The van der Waals surface area contributed by atoms with Gasteiger partial charge >= 0.3 is 5.97 Å². The van der Waals surface area contributed by atoms with Crippen LogP contribution in [0.25, 0.3) is 5.69 Å². The Morgan fingerprint density at radius 3 is 3.00 bits per heavy atom. The van der Waals surface area contributed by atoms with Gasteiger partial charge in [-0.1, -0.05) is 5.21 Å². The van der Waals surface area contributed by atoms with Crippen molar-refractivity contribution < 1.29 is 9.90 Å². The normalized spacial score (nSPS) is 10.2. The zero-order valence-corrected chi connectivity index (χ0v) is 6.38. The molecule has 0 saturated heterocycles. The van der Waals surface area contributed by atoms with Gasteiger partial charge in [-0.05, 0) is 0 Å². The third-order valence-electron chi connectivity index (χ3n) is 1.46. The monoisotopic (exact) mass is 179 g/mol. The van der Waals surface area contributed by atoms with E-state index in [0.29, 0.717) is 5.69 Å². The van der Waals surface area contributed by atoms with Crippen LogP contribution in [0.4, 0.5) is 0 Å². The van der Waals surface area contributed by atoms with Gasteiger partial charge in [0, 0.05) is 6.20 Å². The molecule has 2 aromatic heterocycles. The molecule has 2 rings (SSSR count). The third kappa shape index (κ3) is 1.26. The van der Waals surface area contributed by atoms with Crippen LogP contribution in [0.3, 0.4) is 0 Å². The first kappa shape index (κ1) is 7.47. The Labute approximate surface area is 72.0 Å². The molecular weight excluding hydrogens is 174 g/mol. The van der Waals surface area contributed by atoms with Crippen molar-refractivity contribution in [2.45, 2.75) is 0 Å². The number of hydrogen-bond acceptors (Lipinski definition) is 4. The van der Waals surface area contributed by atoms with E-state index in [1.807, 2.05) is 0 Å². The maximum Gasteiger partial charge on any atom is 0.358 e. The molecule has 7 nitrogen and oxygen atoms in total. The molecule has 0 bridgehead atoms. The average Bonchev–Trinajstić information content (AvgIpc) is 2.75. The highest BCUT2D eigenvalue weighted by atomic mass is 16.4. The molecule has 0 aliphatic rings. The van der Waals surface area contributed by atoms with Crippen molar-refractivity contribution in [1.82, 2.24) is 25.2 Å². The van der Waals surface area contributed by atoms with E-state index in [-0.39, 0.29) is 5.69 Å². The molecule has 0 radical (unpaired) electrons. The molecule has 0 spiro atoms. The maximum absolute atomic E-state index is 10.4. The summed E-state index contributed by atoms with van der Waals surface area (Å²) in [5.74, 6) is -1.10. The smallest absolute Gasteiger partial charge is 0.358 e. The van der Waals surface area contributed by atoms with Crippen molar-refractivity contribution in [1.29, 1.82) is 0 Å². The number of aromatic carboxylic acids is 1. The molecule has 0 atom stereocenters. The third-order valence-corrected chi connectivity index (χ3v) is 1.46. The molecule has 0 unspecified atom stereocenters. The van der Waals surface area contributed by atoms with Crippen LogP contribution >= 0.6 is 0 Å². The Kier molecular flexibility index (Phi) is 1.55. The zero-order chi connectivity index (χ0) is 9.26. The van der Waals surface area contributed by atoms with E-state index in [1.165, 1.54) is 17.1 Å². The van der Waals surface area contributed by atoms with Gasteiger partial charge in [0.1, 0.15) is 5.69 Å². The van der Waals surface area contributed by atoms with E-state index in [9.17, 15) is 4.79 Å². The Hall–Kier alpha value is -2.18. The van der Waals surface area contributed by atoms with Gasteiger partial charge in [-0.2, -0.15) is 5.10 Å². The van der Waals surface area contributed by atoms with Gasteiger partial charge < -0.3 is 5.11 Å². The van der Waals surface area contributed by atoms with Gasteiger partial charge in [0.15, 0.2) is 5.69 Å². The van der Waals surface area contributed by atoms with Crippen molar-refractivity contribution in [3.63, 3.8) is 0 Å². The summed E-state index contributed by atoms with van der Waals surface area (Å²) < 4.78 is 1.33. The van der Waals surface area contributed by atoms with Crippen molar-refractivity contribution in [3.8, 4) is 5.69 Å². The number of carboxylic acid groups (broad SMARTS) is 1. The Morgan fingerprint density at radius 1 is 1.62 bits per heavy atom. The van der Waals surface area contributed by atoms with Crippen LogP contribution < -0.4 is 0 Å². The lowest BCUT2D eigenvalue weighted by Gasteiger charge is -1.89. The van der Waals surface area contributed by atoms with Crippen LogP contribution in [0.2, 0.25) is 0 Å². The van der Waals surface area contributed by atoms with E-state index in [1.54, 1.807) is 6.20 Å². The molecule has 0 aliphatic heterocycles. The maximum atomic E-state index is 10.4. The predicted molar refractivity (Wildman–Crippen MR) is 40.5 cm³/mol. The van der Waals surface area contributed by atoms with E-state index in [4.69, 9.17) is 5.11 Å². The highest BCUT2D eigenvalue weighted by Crippen LogP contribution is 2.02. The van der Waals surface area contributed by atoms with Gasteiger partial charge in [-0.3, -0.25) is 5.10 Å². The topological polar surface area (TPSA) is 96.7 Å². The van der Waals surface area contributed by atoms with Gasteiger partial charge in [-0.15, -0.1) is 5.10 Å². The number of aromatic nitrogens is 5. The van der Waals surface area contributed by atoms with Crippen molar-refractivity contribution in [3.05, 3.63) is 24.3 Å². The minimum Gasteiger partial charge on any atom is -0.476 e. The highest BCUT2D eigenvalue weighted by molar-refractivity contribution is 5.84. The van der Waals surface area contributed by atoms with Crippen LogP contribution in [0.15, 0.2) is 18.6 Å². The van der Waals surface area contributed by atoms with Crippen LogP contribution in [0.1, 0.15) is 10.5 Å². The summed E-state index contributed by atoms with van der Waals surface area (Å²) in [6.45, 7) is 0. The van der Waals surface area contributed by atoms with Gasteiger partial charge in [0.05, 0.1) is 12.4 Å². The first-order valence-electron chi connectivity index (χ1n) is 3.42. The average molecular weight is 179 g/mol. The summed E-state index contributed by atoms with van der Waals surface area (Å²) in [5, 5.41) is 21.9. The SMILES string of the molecule is O=C(O)c1cn(-c2cn[nH]c2)nn1. The highest BCUT2D eigenvalue weighted by Gasteiger charge is 2.08. The van der Waals surface area contributed by atoms with Gasteiger partial charge in [-0.25, -0.2) is 9.48 Å². The first-order valence-corrected chi connectivity index (χ1v) is 3.42. The zero-order valence-electron chi connectivity index (χ0n) is 6.38. The lowest BCUT2D eigenvalue weighted by atomic mass is 10.5. The number of carbonyl (C=O) groups is 1. The second-order valence-corrected chi connectivity index (χ2v) is 2.31. The summed E-state index contributed by atoms with van der Waals surface area (Å²) in [6, 6.07) is 0. The number of aromatic amines is 1. The van der Waals surface area contributed by atoms with Gasteiger partial charge in [0.25, 0.3) is 0 Å². The molecule has 2 aromatic rings. The Bertz CT molecular complexity index is 418. The number of carboxylic acids is 1. The number of hydrogen-bond donors (Lipinski definition) is 2. The molecule has 66 valence electrons. The lowest BCUT2D eigenvalue weighted by Crippen LogP contribution is -1.95. The second kappa shape index (κ2) is 2.70. The number of H-pyrrole nitrogens is 1. The van der Waals surface area contributed by atoms with Crippen LogP contribution in [-0.2, 0) is 0 Å². The number of nitrogens with zero attached hydrogens (tertiary/aromatic N) is 4. The lowest BCUT2D eigenvalue weighted by molar-refractivity contribution is 0.0690. The molecule has 0 aromatic carbocycles. The number of nitrogens with one attached hydrogen (secondary N) is 1. The fourth-order valence-corrected chi connectivity index (χ4v) is 0.857. The van der Waals surface area contributed by atoms with Crippen molar-refractivity contribution >= 4 is 5.97 Å². The molecule has 2 heterocycles. The summed E-state index contributed by atoms with van der Waals surface area (Å²) in [4.78, 5) is 10.4. The van der Waals surface area contributed by atoms with E-state index < -0.39 is 5.97 Å². The fourth-order valence-electron chi connectivity index (χ4n) is 0.857. The summed E-state index contributed by atoms with van der Waals surface area (Å²) in [6.07, 6.45) is 4.41. The molecule has 0 fully saturated rings. The molecule has 0 saturated carbocycles. The Morgan fingerprint density at radius 2 is 2.46 bits per heavy atom. The molecule has 13 heavy (non-hydrogen) atoms. The summed E-state index contributed by atoms with van der Waals surface area (Å²) in [7, 11) is 0. The quantitative estimate of drug-likeness (QED) is 0.659. The summed E-state index contributed by atoms with van der Waals surface area (Å²) in [5.41, 5.74) is 0.543. The van der Waals surface area contributed by atoms with Crippen LogP contribution in [-0.4, -0.2) is 36.3 Å². The van der Waals surface area contributed by atoms with E-state index in [2.05, 4.69) is 20.5 Å². The Balaban J connectivity index is 2.39. The van der Waals surface area contributed by atoms with E-state index >= 15 is 0 Å². The second-order valence-electron chi connectivity index (χ2n) is 2.31. The van der Waals surface area contributed by atoms with Crippen molar-refractivity contribution in [2.24, 2.45) is 0 Å². The molecule has 0 amide bonds. The largest absolute Gasteiger partial charge is 0.476 e. The minimum absolute atomic E-state index is 0.0961.